The number of anilines is 2. The van der Waals surface area contributed by atoms with Crippen LogP contribution in [0.3, 0.4) is 0 Å². The molecule has 0 aliphatic rings. The molecule has 0 fully saturated rings. The highest BCUT2D eigenvalue weighted by Crippen LogP contribution is 2.21. The fraction of sp³-hybridized carbons (Fsp3) is 0.308. The second-order valence-electron chi connectivity index (χ2n) is 4.34. The minimum atomic E-state index is -0.838. The standard InChI is InChI=1S/C13H14F2N4O2/c1-3-4-16-11-9(14)5-8(6-10(11)15)12(20)18-13-17-7(2)19-21-13/h5-6,16H,3-4H2,1-2H3,(H,17,18,19,20). The fourth-order valence-electron chi connectivity index (χ4n) is 1.64. The smallest absolute Gasteiger partial charge is 0.328 e. The summed E-state index contributed by atoms with van der Waals surface area (Å²) in [6, 6.07) is 1.76. The number of nitrogens with one attached hydrogen (secondary N) is 2. The maximum Gasteiger partial charge on any atom is 0.328 e. The number of benzene rings is 1. The van der Waals surface area contributed by atoms with E-state index in [0.29, 0.717) is 12.4 Å². The zero-order chi connectivity index (χ0) is 15.4. The molecule has 8 heteroatoms. The molecule has 0 saturated carbocycles. The van der Waals surface area contributed by atoms with Crippen LogP contribution in [0.2, 0.25) is 0 Å². The summed E-state index contributed by atoms with van der Waals surface area (Å²) < 4.78 is 32.3. The van der Waals surface area contributed by atoms with Crippen molar-refractivity contribution in [3.05, 3.63) is 35.2 Å². The van der Waals surface area contributed by atoms with Gasteiger partial charge in [0, 0.05) is 12.1 Å². The minimum absolute atomic E-state index is 0.133. The Morgan fingerprint density at radius 3 is 2.52 bits per heavy atom. The lowest BCUT2D eigenvalue weighted by Gasteiger charge is -2.09. The summed E-state index contributed by atoms with van der Waals surface area (Å²) in [5, 5.41) is 8.38. The largest absolute Gasteiger partial charge is 0.380 e. The Morgan fingerprint density at radius 2 is 2.00 bits per heavy atom. The molecule has 2 aromatic rings. The monoisotopic (exact) mass is 296 g/mol. The quantitative estimate of drug-likeness (QED) is 0.886. The first-order valence-electron chi connectivity index (χ1n) is 6.35. The van der Waals surface area contributed by atoms with Gasteiger partial charge in [-0.15, -0.1) is 0 Å². The number of aryl methyl sites for hydroxylation is 1. The minimum Gasteiger partial charge on any atom is -0.380 e. The molecular weight excluding hydrogens is 282 g/mol. The van der Waals surface area contributed by atoms with Gasteiger partial charge in [-0.1, -0.05) is 12.1 Å². The SMILES string of the molecule is CCCNc1c(F)cc(C(=O)Nc2nc(C)no2)cc1F. The predicted molar refractivity (Wildman–Crippen MR) is 72.1 cm³/mol. The summed E-state index contributed by atoms with van der Waals surface area (Å²) in [4.78, 5) is 15.6. The molecular formula is C13H14F2N4O2. The van der Waals surface area contributed by atoms with E-state index < -0.39 is 17.5 Å². The van der Waals surface area contributed by atoms with Crippen molar-refractivity contribution in [2.45, 2.75) is 20.3 Å². The van der Waals surface area contributed by atoms with E-state index in [0.717, 1.165) is 18.6 Å². The number of aromatic nitrogens is 2. The van der Waals surface area contributed by atoms with Crippen molar-refractivity contribution in [3.8, 4) is 0 Å². The average molecular weight is 296 g/mol. The fourth-order valence-corrected chi connectivity index (χ4v) is 1.64. The Balaban J connectivity index is 2.18. The van der Waals surface area contributed by atoms with Gasteiger partial charge in [0.05, 0.1) is 0 Å². The van der Waals surface area contributed by atoms with Crippen molar-refractivity contribution in [3.63, 3.8) is 0 Å². The number of hydrogen-bond acceptors (Lipinski definition) is 5. The van der Waals surface area contributed by atoms with Crippen LogP contribution in [0.15, 0.2) is 16.7 Å². The van der Waals surface area contributed by atoms with Gasteiger partial charge in [-0.05, 0) is 25.5 Å². The summed E-state index contributed by atoms with van der Waals surface area (Å²) in [6.45, 7) is 3.88. The first-order valence-corrected chi connectivity index (χ1v) is 6.35. The second-order valence-corrected chi connectivity index (χ2v) is 4.34. The highest BCUT2D eigenvalue weighted by atomic mass is 19.1. The molecule has 21 heavy (non-hydrogen) atoms. The van der Waals surface area contributed by atoms with Gasteiger partial charge in [-0.2, -0.15) is 4.98 Å². The highest BCUT2D eigenvalue weighted by molar-refractivity contribution is 6.03. The molecule has 1 amide bonds. The van der Waals surface area contributed by atoms with Crippen molar-refractivity contribution in [2.75, 3.05) is 17.2 Å². The van der Waals surface area contributed by atoms with Gasteiger partial charge in [0.25, 0.3) is 5.91 Å². The van der Waals surface area contributed by atoms with E-state index in [1.54, 1.807) is 6.92 Å². The number of hydrogen-bond donors (Lipinski definition) is 2. The Kier molecular flexibility index (Phi) is 4.46. The molecule has 1 aromatic heterocycles. The molecule has 1 heterocycles. The zero-order valence-electron chi connectivity index (χ0n) is 11.5. The molecule has 0 aliphatic carbocycles. The molecule has 0 aliphatic heterocycles. The van der Waals surface area contributed by atoms with Gasteiger partial charge in [0.2, 0.25) is 0 Å². The van der Waals surface area contributed by atoms with Crippen molar-refractivity contribution in [1.29, 1.82) is 0 Å². The third-order valence-corrected chi connectivity index (χ3v) is 2.60. The van der Waals surface area contributed by atoms with Crippen LogP contribution in [-0.4, -0.2) is 22.6 Å². The predicted octanol–water partition coefficient (Wildman–Crippen LogP) is 2.73. The van der Waals surface area contributed by atoms with E-state index in [1.165, 1.54) is 0 Å². The highest BCUT2D eigenvalue weighted by Gasteiger charge is 2.16. The second kappa shape index (κ2) is 6.29. The topological polar surface area (TPSA) is 80.0 Å². The first kappa shape index (κ1) is 14.9. The molecule has 0 spiro atoms. The van der Waals surface area contributed by atoms with Gasteiger partial charge in [0.15, 0.2) is 5.82 Å². The molecule has 0 bridgehead atoms. The summed E-state index contributed by atoms with van der Waals surface area (Å²) in [6.07, 6.45) is 0.720. The van der Waals surface area contributed by atoms with Crippen LogP contribution < -0.4 is 10.6 Å². The van der Waals surface area contributed by atoms with Crippen LogP contribution in [0.5, 0.6) is 0 Å². The van der Waals surface area contributed by atoms with Crippen molar-refractivity contribution >= 4 is 17.6 Å². The van der Waals surface area contributed by atoms with Gasteiger partial charge < -0.3 is 9.84 Å². The van der Waals surface area contributed by atoms with Crippen LogP contribution >= 0.6 is 0 Å². The van der Waals surface area contributed by atoms with E-state index in [9.17, 15) is 13.6 Å². The number of amides is 1. The molecule has 0 atom stereocenters. The molecule has 0 unspecified atom stereocenters. The lowest BCUT2D eigenvalue weighted by atomic mass is 10.1. The summed E-state index contributed by atoms with van der Waals surface area (Å²) in [7, 11) is 0. The van der Waals surface area contributed by atoms with Gasteiger partial charge in [0.1, 0.15) is 17.3 Å². The summed E-state index contributed by atoms with van der Waals surface area (Å²) in [5.74, 6) is -2.08. The Labute approximate surface area is 119 Å². The summed E-state index contributed by atoms with van der Waals surface area (Å²) >= 11 is 0. The number of nitrogens with zero attached hydrogens (tertiary/aromatic N) is 2. The van der Waals surface area contributed by atoms with Crippen molar-refractivity contribution < 1.29 is 18.1 Å². The molecule has 112 valence electrons. The average Bonchev–Trinajstić information content (AvgIpc) is 2.83. The van der Waals surface area contributed by atoms with E-state index >= 15 is 0 Å². The lowest BCUT2D eigenvalue weighted by molar-refractivity contribution is 0.102. The van der Waals surface area contributed by atoms with E-state index in [4.69, 9.17) is 4.52 Å². The number of halogens is 2. The zero-order valence-corrected chi connectivity index (χ0v) is 11.5. The number of carbonyl (C=O) groups excluding carboxylic acids is 1. The van der Waals surface area contributed by atoms with E-state index in [-0.39, 0.29) is 17.3 Å². The van der Waals surface area contributed by atoms with Crippen molar-refractivity contribution in [2.24, 2.45) is 0 Å². The molecule has 2 rings (SSSR count). The van der Waals surface area contributed by atoms with Crippen LogP contribution in [0.4, 0.5) is 20.5 Å². The van der Waals surface area contributed by atoms with Crippen LogP contribution in [0.1, 0.15) is 29.5 Å². The number of rotatable bonds is 5. The van der Waals surface area contributed by atoms with Gasteiger partial charge >= 0.3 is 6.01 Å². The van der Waals surface area contributed by atoms with Crippen LogP contribution in [0.25, 0.3) is 0 Å². The molecule has 6 nitrogen and oxygen atoms in total. The van der Waals surface area contributed by atoms with E-state index in [1.807, 2.05) is 6.92 Å². The Hall–Kier alpha value is -2.51. The maximum absolute atomic E-state index is 13.8. The van der Waals surface area contributed by atoms with Crippen molar-refractivity contribution in [1.82, 2.24) is 10.1 Å². The Morgan fingerprint density at radius 1 is 1.33 bits per heavy atom. The molecule has 1 aromatic carbocycles. The number of carbonyl (C=O) groups is 1. The van der Waals surface area contributed by atoms with Gasteiger partial charge in [-0.3, -0.25) is 10.1 Å². The third kappa shape index (κ3) is 3.53. The maximum atomic E-state index is 13.8. The summed E-state index contributed by atoms with van der Waals surface area (Å²) in [5.41, 5.74) is -0.426. The molecule has 0 saturated heterocycles. The third-order valence-electron chi connectivity index (χ3n) is 2.60. The molecule has 0 radical (unpaired) electrons. The Bertz CT molecular complexity index is 634. The lowest BCUT2D eigenvalue weighted by Crippen LogP contribution is -2.14. The van der Waals surface area contributed by atoms with E-state index in [2.05, 4.69) is 20.8 Å². The first-order chi connectivity index (χ1) is 10.0. The normalized spacial score (nSPS) is 10.5. The van der Waals surface area contributed by atoms with Crippen LogP contribution in [0, 0.1) is 18.6 Å². The van der Waals surface area contributed by atoms with Gasteiger partial charge in [-0.25, -0.2) is 8.78 Å². The van der Waals surface area contributed by atoms with Crippen LogP contribution in [-0.2, 0) is 0 Å². The molecule has 2 N–H and O–H groups in total.